The molecule has 22 heavy (non-hydrogen) atoms. The largest absolute Gasteiger partial charge is 0.413 e. The molecule has 0 aliphatic rings. The standard InChI is InChI=1S/C17H18N2O3/c1-12-7-6-8-14(11-12)19-16(20)13(2)18-17(21)22-15-9-4-3-5-10-15/h3-11,13H,1-2H3,(H,18,21)(H,19,20)/t13-/m1/s1. The van der Waals surface area contributed by atoms with Gasteiger partial charge in [0.15, 0.2) is 0 Å². The zero-order valence-corrected chi connectivity index (χ0v) is 12.5. The van der Waals surface area contributed by atoms with Crippen molar-refractivity contribution in [3.63, 3.8) is 0 Å². The van der Waals surface area contributed by atoms with Crippen LogP contribution in [0.2, 0.25) is 0 Å². The molecule has 2 N–H and O–H groups in total. The molecule has 2 rings (SSSR count). The van der Waals surface area contributed by atoms with Crippen molar-refractivity contribution in [3.8, 4) is 5.75 Å². The molecule has 0 fully saturated rings. The quantitative estimate of drug-likeness (QED) is 0.911. The first-order chi connectivity index (χ1) is 10.5. The Labute approximate surface area is 129 Å². The second-order valence-electron chi connectivity index (χ2n) is 4.93. The van der Waals surface area contributed by atoms with Gasteiger partial charge in [-0.2, -0.15) is 0 Å². The van der Waals surface area contributed by atoms with E-state index in [9.17, 15) is 9.59 Å². The van der Waals surface area contributed by atoms with Gasteiger partial charge in [0.05, 0.1) is 0 Å². The first kappa shape index (κ1) is 15.6. The van der Waals surface area contributed by atoms with Crippen LogP contribution in [0.15, 0.2) is 54.6 Å². The number of carbonyl (C=O) groups is 2. The Morgan fingerprint density at radius 2 is 1.77 bits per heavy atom. The van der Waals surface area contributed by atoms with Gasteiger partial charge in [-0.05, 0) is 43.7 Å². The summed E-state index contributed by atoms with van der Waals surface area (Å²) in [6.07, 6.45) is -0.668. The van der Waals surface area contributed by atoms with Gasteiger partial charge in [-0.3, -0.25) is 4.79 Å². The summed E-state index contributed by atoms with van der Waals surface area (Å²) in [4.78, 5) is 23.8. The zero-order chi connectivity index (χ0) is 15.9. The normalized spacial score (nSPS) is 11.4. The highest BCUT2D eigenvalue weighted by Gasteiger charge is 2.16. The van der Waals surface area contributed by atoms with Gasteiger partial charge in [-0.25, -0.2) is 4.79 Å². The molecule has 2 aromatic carbocycles. The van der Waals surface area contributed by atoms with E-state index in [1.165, 1.54) is 0 Å². The minimum atomic E-state index is -0.711. The van der Waals surface area contributed by atoms with Crippen LogP contribution in [0, 0.1) is 6.92 Å². The number of aryl methyl sites for hydroxylation is 1. The third-order valence-corrected chi connectivity index (χ3v) is 2.97. The monoisotopic (exact) mass is 298 g/mol. The van der Waals surface area contributed by atoms with Crippen LogP contribution >= 0.6 is 0 Å². The highest BCUT2D eigenvalue weighted by atomic mass is 16.6. The molecule has 0 radical (unpaired) electrons. The van der Waals surface area contributed by atoms with Crippen molar-refractivity contribution in [1.82, 2.24) is 5.32 Å². The van der Waals surface area contributed by atoms with E-state index in [2.05, 4.69) is 10.6 Å². The SMILES string of the molecule is Cc1cccc(NC(=O)[C@@H](C)NC(=O)Oc2ccccc2)c1. The molecule has 0 bridgehead atoms. The molecule has 0 spiro atoms. The molecule has 0 aliphatic carbocycles. The number of benzene rings is 2. The van der Waals surface area contributed by atoms with E-state index < -0.39 is 12.1 Å². The van der Waals surface area contributed by atoms with E-state index in [4.69, 9.17) is 4.74 Å². The predicted octanol–water partition coefficient (Wildman–Crippen LogP) is 3.11. The molecule has 1 atom stereocenters. The smallest absolute Gasteiger partial charge is 0.410 e. The van der Waals surface area contributed by atoms with E-state index in [0.717, 1.165) is 5.56 Å². The van der Waals surface area contributed by atoms with Crippen LogP contribution < -0.4 is 15.4 Å². The summed E-state index contributed by atoms with van der Waals surface area (Å²) in [5.41, 5.74) is 1.73. The highest BCUT2D eigenvalue weighted by Crippen LogP contribution is 2.10. The topological polar surface area (TPSA) is 67.4 Å². The molecule has 0 heterocycles. The minimum Gasteiger partial charge on any atom is -0.410 e. The summed E-state index contributed by atoms with van der Waals surface area (Å²) in [5, 5.41) is 5.23. The van der Waals surface area contributed by atoms with Gasteiger partial charge in [0, 0.05) is 5.69 Å². The minimum absolute atomic E-state index is 0.310. The summed E-state index contributed by atoms with van der Waals surface area (Å²) >= 11 is 0. The maximum Gasteiger partial charge on any atom is 0.413 e. The fraction of sp³-hybridized carbons (Fsp3) is 0.176. The number of amides is 2. The van der Waals surface area contributed by atoms with Crippen molar-refractivity contribution in [2.24, 2.45) is 0 Å². The zero-order valence-electron chi connectivity index (χ0n) is 12.5. The maximum absolute atomic E-state index is 12.0. The molecule has 0 unspecified atom stereocenters. The molecule has 2 aromatic rings. The first-order valence-electron chi connectivity index (χ1n) is 6.95. The van der Waals surface area contributed by atoms with Crippen molar-refractivity contribution < 1.29 is 14.3 Å². The maximum atomic E-state index is 12.0. The fourth-order valence-corrected chi connectivity index (χ4v) is 1.84. The number of carbonyl (C=O) groups excluding carboxylic acids is 2. The Morgan fingerprint density at radius 1 is 1.05 bits per heavy atom. The average Bonchev–Trinajstić information content (AvgIpc) is 2.48. The van der Waals surface area contributed by atoms with E-state index in [1.807, 2.05) is 31.2 Å². The van der Waals surface area contributed by atoms with Crippen LogP contribution in [0.1, 0.15) is 12.5 Å². The van der Waals surface area contributed by atoms with Crippen molar-refractivity contribution in [3.05, 3.63) is 60.2 Å². The lowest BCUT2D eigenvalue weighted by molar-refractivity contribution is -0.117. The van der Waals surface area contributed by atoms with E-state index in [1.54, 1.807) is 37.3 Å². The Balaban J connectivity index is 1.87. The molecule has 5 nitrogen and oxygen atoms in total. The average molecular weight is 298 g/mol. The van der Waals surface area contributed by atoms with Crippen LogP contribution in [-0.4, -0.2) is 18.0 Å². The van der Waals surface area contributed by atoms with Gasteiger partial charge in [0.25, 0.3) is 0 Å². The summed E-state index contributed by atoms with van der Waals surface area (Å²) in [7, 11) is 0. The van der Waals surface area contributed by atoms with Gasteiger partial charge in [0.2, 0.25) is 5.91 Å². The molecule has 0 aliphatic heterocycles. The first-order valence-corrected chi connectivity index (χ1v) is 6.95. The van der Waals surface area contributed by atoms with Gasteiger partial charge in [0.1, 0.15) is 11.8 Å². The number of nitrogens with one attached hydrogen (secondary N) is 2. The number of hydrogen-bond donors (Lipinski definition) is 2. The predicted molar refractivity (Wildman–Crippen MR) is 84.9 cm³/mol. The van der Waals surface area contributed by atoms with Crippen LogP contribution in [0.3, 0.4) is 0 Å². The Kier molecular flexibility index (Phi) is 5.14. The van der Waals surface area contributed by atoms with E-state index >= 15 is 0 Å². The van der Waals surface area contributed by atoms with Gasteiger partial charge in [-0.1, -0.05) is 30.3 Å². The number of hydrogen-bond acceptors (Lipinski definition) is 3. The molecule has 0 aromatic heterocycles. The van der Waals surface area contributed by atoms with Crippen molar-refractivity contribution >= 4 is 17.7 Å². The second kappa shape index (κ2) is 7.26. The van der Waals surface area contributed by atoms with E-state index in [-0.39, 0.29) is 5.91 Å². The molecule has 0 saturated carbocycles. The van der Waals surface area contributed by atoms with E-state index in [0.29, 0.717) is 11.4 Å². The lowest BCUT2D eigenvalue weighted by Crippen LogP contribution is -2.42. The Morgan fingerprint density at radius 3 is 2.45 bits per heavy atom. The summed E-state index contributed by atoms with van der Waals surface area (Å²) in [6.45, 7) is 3.53. The van der Waals surface area contributed by atoms with Crippen LogP contribution in [-0.2, 0) is 4.79 Å². The van der Waals surface area contributed by atoms with Crippen LogP contribution in [0.25, 0.3) is 0 Å². The number of anilines is 1. The molecular formula is C17H18N2O3. The van der Waals surface area contributed by atoms with Gasteiger partial charge in [-0.15, -0.1) is 0 Å². The number of rotatable bonds is 4. The molecule has 0 saturated heterocycles. The molecule has 5 heteroatoms. The molecular weight excluding hydrogens is 280 g/mol. The fourth-order valence-electron chi connectivity index (χ4n) is 1.84. The number of ether oxygens (including phenoxy) is 1. The summed E-state index contributed by atoms with van der Waals surface area (Å²) in [6, 6.07) is 15.4. The lowest BCUT2D eigenvalue weighted by atomic mass is 10.2. The Hall–Kier alpha value is -2.82. The van der Waals surface area contributed by atoms with Gasteiger partial charge >= 0.3 is 6.09 Å². The summed E-state index contributed by atoms with van der Waals surface area (Å²) < 4.78 is 5.07. The third-order valence-electron chi connectivity index (χ3n) is 2.97. The van der Waals surface area contributed by atoms with Crippen molar-refractivity contribution in [2.45, 2.75) is 19.9 Å². The lowest BCUT2D eigenvalue weighted by Gasteiger charge is -2.14. The summed E-state index contributed by atoms with van der Waals surface area (Å²) in [5.74, 6) is 0.113. The van der Waals surface area contributed by atoms with Gasteiger partial charge < -0.3 is 15.4 Å². The molecule has 2 amide bonds. The molecule has 114 valence electrons. The van der Waals surface area contributed by atoms with Crippen molar-refractivity contribution in [1.29, 1.82) is 0 Å². The van der Waals surface area contributed by atoms with Crippen molar-refractivity contribution in [2.75, 3.05) is 5.32 Å². The number of para-hydroxylation sites is 1. The van der Waals surface area contributed by atoms with Crippen LogP contribution in [0.5, 0.6) is 5.75 Å². The highest BCUT2D eigenvalue weighted by molar-refractivity contribution is 5.96. The Bertz CT molecular complexity index is 656. The van der Waals surface area contributed by atoms with Crippen LogP contribution in [0.4, 0.5) is 10.5 Å². The second-order valence-corrected chi connectivity index (χ2v) is 4.93. The third kappa shape index (κ3) is 4.63.